The molecule has 0 spiro atoms. The quantitative estimate of drug-likeness (QED) is 0.414. The van der Waals surface area contributed by atoms with Gasteiger partial charge in [-0.3, -0.25) is 0 Å². The Morgan fingerprint density at radius 3 is 1.42 bits per heavy atom. The molecule has 0 aliphatic heterocycles. The van der Waals surface area contributed by atoms with Crippen molar-refractivity contribution >= 4 is 39.7 Å². The minimum absolute atomic E-state index is 0.139. The summed E-state index contributed by atoms with van der Waals surface area (Å²) in [6, 6.07) is 2.92. The summed E-state index contributed by atoms with van der Waals surface area (Å²) >= 11 is 11.1. The topological polar surface area (TPSA) is 156 Å². The van der Waals surface area contributed by atoms with Crippen LogP contribution in [0.3, 0.4) is 0 Å². The second-order valence-corrected chi connectivity index (χ2v) is 4.40. The van der Waals surface area contributed by atoms with Crippen LogP contribution in [-0.4, -0.2) is 29.8 Å². The third-order valence-corrected chi connectivity index (χ3v) is 1.84. The highest BCUT2D eigenvalue weighted by Crippen LogP contribution is 2.32. The van der Waals surface area contributed by atoms with Gasteiger partial charge in [0.2, 0.25) is 0 Å². The molecule has 0 saturated heterocycles. The lowest BCUT2D eigenvalue weighted by Crippen LogP contribution is -1.83. The minimum atomic E-state index is -2.87. The molecule has 0 atom stereocenters. The van der Waals surface area contributed by atoms with E-state index in [9.17, 15) is 0 Å². The van der Waals surface area contributed by atoms with Crippen LogP contribution in [-0.2, 0) is 15.7 Å². The molecular formula is C7H10Cl2O8P2+2. The molecule has 8 nitrogen and oxygen atoms in total. The SMILES string of the molecule is O=[P+](O)O.O=[P+](O)O.OCc1cc(Cl)c(O)c(Cl)c1. The summed E-state index contributed by atoms with van der Waals surface area (Å²) in [6.07, 6.45) is 0. The van der Waals surface area contributed by atoms with Gasteiger partial charge in [-0.2, -0.15) is 0 Å². The summed E-state index contributed by atoms with van der Waals surface area (Å²) in [7, 11) is -5.74. The molecular weight excluding hydrogens is 345 g/mol. The Kier molecular flexibility index (Phi) is 12.6. The van der Waals surface area contributed by atoms with Crippen LogP contribution in [0.5, 0.6) is 5.75 Å². The van der Waals surface area contributed by atoms with Gasteiger partial charge in [-0.15, -0.1) is 19.6 Å². The van der Waals surface area contributed by atoms with Crippen LogP contribution in [0.4, 0.5) is 0 Å². The van der Waals surface area contributed by atoms with E-state index in [0.29, 0.717) is 5.56 Å². The van der Waals surface area contributed by atoms with Crippen molar-refractivity contribution in [3.8, 4) is 5.75 Å². The van der Waals surface area contributed by atoms with Crippen molar-refractivity contribution in [2.75, 3.05) is 0 Å². The molecule has 1 rings (SSSR count). The van der Waals surface area contributed by atoms with Gasteiger partial charge in [-0.25, -0.2) is 0 Å². The highest BCUT2D eigenvalue weighted by atomic mass is 35.5. The average molecular weight is 355 g/mol. The van der Waals surface area contributed by atoms with E-state index in [1.165, 1.54) is 12.1 Å². The molecule has 0 unspecified atom stereocenters. The smallest absolute Gasteiger partial charge is 0.505 e. The predicted molar refractivity (Wildman–Crippen MR) is 68.1 cm³/mol. The zero-order valence-corrected chi connectivity index (χ0v) is 12.3. The van der Waals surface area contributed by atoms with E-state index in [2.05, 4.69) is 0 Å². The highest BCUT2D eigenvalue weighted by Gasteiger charge is 2.05. The largest absolute Gasteiger partial charge is 0.692 e. The number of hydrogen-bond donors (Lipinski definition) is 6. The standard InChI is InChI=1S/C7H6Cl2O2.2HO3P/c8-5-1-4(3-10)2-6(9)7(5)11;2*1-4(2)3/h1-2,10-11H,3H2;2*(H-,1,2,3)/p+2. The van der Waals surface area contributed by atoms with Crippen LogP contribution < -0.4 is 0 Å². The second kappa shape index (κ2) is 11.4. The molecule has 0 radical (unpaired) electrons. The number of rotatable bonds is 1. The van der Waals surface area contributed by atoms with Crippen LogP contribution in [0.1, 0.15) is 5.56 Å². The molecule has 0 fully saturated rings. The maximum atomic E-state index is 9.08. The lowest BCUT2D eigenvalue weighted by Gasteiger charge is -2.01. The molecule has 0 amide bonds. The van der Waals surface area contributed by atoms with Gasteiger partial charge in [0.25, 0.3) is 0 Å². The van der Waals surface area contributed by atoms with Crippen molar-refractivity contribution in [2.24, 2.45) is 0 Å². The van der Waals surface area contributed by atoms with E-state index in [0.717, 1.165) is 0 Å². The molecule has 19 heavy (non-hydrogen) atoms. The molecule has 0 saturated carbocycles. The summed E-state index contributed by atoms with van der Waals surface area (Å²) in [4.78, 5) is 28.5. The third kappa shape index (κ3) is 13.8. The number of aromatic hydroxyl groups is 1. The lowest BCUT2D eigenvalue weighted by molar-refractivity contribution is 0.281. The summed E-state index contributed by atoms with van der Waals surface area (Å²) < 4.78 is 17.4. The first kappa shape index (κ1) is 20.9. The normalized spacial score (nSPS) is 8.58. The van der Waals surface area contributed by atoms with Crippen molar-refractivity contribution in [1.82, 2.24) is 0 Å². The number of hydrogen-bond acceptors (Lipinski definition) is 4. The number of aliphatic hydroxyl groups is 1. The van der Waals surface area contributed by atoms with E-state index in [1.807, 2.05) is 0 Å². The lowest BCUT2D eigenvalue weighted by atomic mass is 10.2. The average Bonchev–Trinajstić information content (AvgIpc) is 2.23. The first-order chi connectivity index (χ1) is 8.61. The van der Waals surface area contributed by atoms with E-state index in [1.54, 1.807) is 0 Å². The monoisotopic (exact) mass is 354 g/mol. The third-order valence-electron chi connectivity index (χ3n) is 1.26. The van der Waals surface area contributed by atoms with Crippen LogP contribution in [0.15, 0.2) is 12.1 Å². The van der Waals surface area contributed by atoms with Crippen molar-refractivity contribution in [3.05, 3.63) is 27.7 Å². The van der Waals surface area contributed by atoms with E-state index < -0.39 is 16.5 Å². The fourth-order valence-electron chi connectivity index (χ4n) is 0.709. The second-order valence-electron chi connectivity index (χ2n) is 2.57. The zero-order chi connectivity index (χ0) is 15.6. The Hall–Kier alpha value is -0.400. The fraction of sp³-hybridized carbons (Fsp3) is 0.143. The molecule has 108 valence electrons. The van der Waals surface area contributed by atoms with E-state index in [4.69, 9.17) is 62.1 Å². The van der Waals surface area contributed by atoms with Crippen molar-refractivity contribution < 1.29 is 38.9 Å². The van der Waals surface area contributed by atoms with Gasteiger partial charge in [0.05, 0.1) is 16.7 Å². The zero-order valence-electron chi connectivity index (χ0n) is 9.01. The summed E-state index contributed by atoms with van der Waals surface area (Å²) in [5.41, 5.74) is 0.581. The van der Waals surface area contributed by atoms with Gasteiger partial charge in [-0.05, 0) is 17.7 Å². The molecule has 0 heterocycles. The summed E-state index contributed by atoms with van der Waals surface area (Å²) in [6.45, 7) is -0.139. The van der Waals surface area contributed by atoms with Crippen LogP contribution in [0.25, 0.3) is 0 Å². The Morgan fingerprint density at radius 1 is 0.947 bits per heavy atom. The molecule has 0 aromatic heterocycles. The minimum Gasteiger partial charge on any atom is -0.505 e. The van der Waals surface area contributed by atoms with Gasteiger partial charge in [0.1, 0.15) is 0 Å². The molecule has 0 bridgehead atoms. The Morgan fingerprint density at radius 2 is 1.21 bits per heavy atom. The van der Waals surface area contributed by atoms with Crippen molar-refractivity contribution in [3.63, 3.8) is 0 Å². The van der Waals surface area contributed by atoms with E-state index >= 15 is 0 Å². The van der Waals surface area contributed by atoms with Crippen LogP contribution in [0, 0.1) is 0 Å². The number of phenols is 1. The molecule has 0 aliphatic rings. The predicted octanol–water partition coefficient (Wildman–Crippen LogP) is 1.45. The number of phenolic OH excluding ortho intramolecular Hbond substituents is 1. The van der Waals surface area contributed by atoms with Crippen molar-refractivity contribution in [1.29, 1.82) is 0 Å². The van der Waals surface area contributed by atoms with Gasteiger partial charge in [0, 0.05) is 9.13 Å². The van der Waals surface area contributed by atoms with Gasteiger partial charge < -0.3 is 10.2 Å². The Bertz CT molecular complexity index is 398. The molecule has 12 heteroatoms. The molecule has 0 aliphatic carbocycles. The Labute approximate surface area is 119 Å². The number of halogens is 2. The highest BCUT2D eigenvalue weighted by molar-refractivity contribution is 7.31. The van der Waals surface area contributed by atoms with Crippen molar-refractivity contribution in [2.45, 2.75) is 6.61 Å². The summed E-state index contributed by atoms with van der Waals surface area (Å²) in [5, 5.41) is 18.1. The summed E-state index contributed by atoms with van der Waals surface area (Å²) in [5.74, 6) is -0.148. The Balaban J connectivity index is 0. The molecule has 1 aromatic rings. The van der Waals surface area contributed by atoms with Gasteiger partial charge >= 0.3 is 16.5 Å². The molecule has 6 N–H and O–H groups in total. The first-order valence-electron chi connectivity index (χ1n) is 4.09. The van der Waals surface area contributed by atoms with Crippen LogP contribution >= 0.6 is 39.7 Å². The fourth-order valence-corrected chi connectivity index (χ4v) is 1.24. The van der Waals surface area contributed by atoms with Crippen LogP contribution in [0.2, 0.25) is 10.0 Å². The first-order valence-corrected chi connectivity index (χ1v) is 7.18. The number of benzene rings is 1. The maximum absolute atomic E-state index is 9.08. The van der Waals surface area contributed by atoms with Gasteiger partial charge in [0.15, 0.2) is 5.75 Å². The number of aliphatic hydroxyl groups excluding tert-OH is 1. The van der Waals surface area contributed by atoms with Gasteiger partial charge in [-0.1, -0.05) is 23.2 Å². The molecule has 1 aromatic carbocycles. The maximum Gasteiger partial charge on any atom is 0.692 e. The van der Waals surface area contributed by atoms with E-state index in [-0.39, 0.29) is 22.4 Å².